The molecule has 0 unspecified atom stereocenters. The second-order valence-corrected chi connectivity index (χ2v) is 6.78. The smallest absolute Gasteiger partial charge is 0.0786 e. The summed E-state index contributed by atoms with van der Waals surface area (Å²) in [5.74, 6) is 0. The molecule has 0 amide bonds. The maximum absolute atomic E-state index is 2.38. The first-order chi connectivity index (χ1) is 10.8. The molecule has 1 heteroatoms. The summed E-state index contributed by atoms with van der Waals surface area (Å²) in [4.78, 5) is 0. The van der Waals surface area contributed by atoms with Gasteiger partial charge in [-0.3, -0.25) is 0 Å². The molecule has 0 saturated heterocycles. The Hall–Kier alpha value is -0.820. The fourth-order valence-corrected chi connectivity index (χ4v) is 3.44. The van der Waals surface area contributed by atoms with Crippen LogP contribution in [-0.4, -0.2) is 30.7 Å². The molecule has 0 aliphatic rings. The summed E-state index contributed by atoms with van der Waals surface area (Å²) in [6.07, 6.45) is 11.0. The molecular formula is C21H38N+. The van der Waals surface area contributed by atoms with Crippen molar-refractivity contribution in [3.63, 3.8) is 0 Å². The topological polar surface area (TPSA) is 0 Å². The van der Waals surface area contributed by atoms with E-state index in [4.69, 9.17) is 0 Å². The normalized spacial score (nSPS) is 11.8. The van der Waals surface area contributed by atoms with Gasteiger partial charge in [-0.05, 0) is 51.5 Å². The molecule has 1 rings (SSSR count). The lowest BCUT2D eigenvalue weighted by molar-refractivity contribution is -0.925. The number of unbranched alkanes of at least 4 members (excludes halogenated alkanes) is 5. The lowest BCUT2D eigenvalue weighted by Crippen LogP contribution is -2.49. The maximum Gasteiger partial charge on any atom is 0.0786 e. The second-order valence-electron chi connectivity index (χ2n) is 6.78. The van der Waals surface area contributed by atoms with Gasteiger partial charge in [0.15, 0.2) is 0 Å². The molecule has 0 heterocycles. The van der Waals surface area contributed by atoms with Crippen LogP contribution in [0.25, 0.3) is 0 Å². The van der Waals surface area contributed by atoms with E-state index in [1.165, 1.54) is 87.6 Å². The number of hydrogen-bond donors (Lipinski definition) is 0. The summed E-state index contributed by atoms with van der Waals surface area (Å²) < 4.78 is 1.33. The molecule has 0 bridgehead atoms. The summed E-state index contributed by atoms with van der Waals surface area (Å²) in [6.45, 7) is 12.4. The third kappa shape index (κ3) is 7.45. The highest BCUT2D eigenvalue weighted by molar-refractivity contribution is 5.14. The lowest BCUT2D eigenvalue weighted by atomic mass is 10.1. The molecule has 22 heavy (non-hydrogen) atoms. The van der Waals surface area contributed by atoms with Crippen LogP contribution in [0.4, 0.5) is 0 Å². The van der Waals surface area contributed by atoms with Crippen LogP contribution < -0.4 is 0 Å². The second kappa shape index (κ2) is 11.7. The summed E-state index contributed by atoms with van der Waals surface area (Å²) >= 11 is 0. The molecule has 1 aromatic carbocycles. The molecule has 126 valence electrons. The highest BCUT2D eigenvalue weighted by Gasteiger charge is 2.21. The monoisotopic (exact) mass is 304 g/mol. The van der Waals surface area contributed by atoms with Crippen LogP contribution in [0.1, 0.15) is 71.3 Å². The standard InChI is InChI=1S/C21H38N/c1-4-7-8-9-14-19-22(5-2,6-3)20-15-13-18-21-16-11-10-12-17-21/h10-12,16-17H,4-9,13-15,18-20H2,1-3H3/q+1. The van der Waals surface area contributed by atoms with Gasteiger partial charge in [-0.2, -0.15) is 0 Å². The number of benzene rings is 1. The Labute approximate surface area is 139 Å². The van der Waals surface area contributed by atoms with E-state index in [1.54, 1.807) is 0 Å². The van der Waals surface area contributed by atoms with Gasteiger partial charge in [0.2, 0.25) is 0 Å². The van der Waals surface area contributed by atoms with Gasteiger partial charge in [0.1, 0.15) is 0 Å². The van der Waals surface area contributed by atoms with Gasteiger partial charge in [0, 0.05) is 0 Å². The number of rotatable bonds is 13. The largest absolute Gasteiger partial charge is 0.324 e. The van der Waals surface area contributed by atoms with Gasteiger partial charge in [0.25, 0.3) is 0 Å². The average molecular weight is 305 g/mol. The first-order valence-electron chi connectivity index (χ1n) is 9.65. The molecular weight excluding hydrogens is 266 g/mol. The van der Waals surface area contributed by atoms with E-state index < -0.39 is 0 Å². The van der Waals surface area contributed by atoms with E-state index in [1.807, 2.05) is 0 Å². The first kappa shape index (κ1) is 19.2. The average Bonchev–Trinajstić information content (AvgIpc) is 2.58. The van der Waals surface area contributed by atoms with Crippen molar-refractivity contribution in [1.82, 2.24) is 0 Å². The van der Waals surface area contributed by atoms with Gasteiger partial charge in [0.05, 0.1) is 26.2 Å². The van der Waals surface area contributed by atoms with E-state index in [0.29, 0.717) is 0 Å². The van der Waals surface area contributed by atoms with Crippen molar-refractivity contribution in [3.8, 4) is 0 Å². The summed E-state index contributed by atoms with van der Waals surface area (Å²) in [6, 6.07) is 10.9. The molecule has 0 fully saturated rings. The zero-order valence-corrected chi connectivity index (χ0v) is 15.3. The number of nitrogens with zero attached hydrogens (tertiary/aromatic N) is 1. The molecule has 1 nitrogen and oxygen atoms in total. The van der Waals surface area contributed by atoms with Crippen LogP contribution in [0.5, 0.6) is 0 Å². The Bertz CT molecular complexity index is 353. The van der Waals surface area contributed by atoms with E-state index in [-0.39, 0.29) is 0 Å². The minimum atomic E-state index is 1.24. The Kier molecular flexibility index (Phi) is 10.2. The number of quaternary nitrogens is 1. The van der Waals surface area contributed by atoms with Gasteiger partial charge in [-0.1, -0.05) is 56.5 Å². The van der Waals surface area contributed by atoms with E-state index in [0.717, 1.165) is 0 Å². The first-order valence-corrected chi connectivity index (χ1v) is 9.65. The van der Waals surface area contributed by atoms with Crippen LogP contribution in [0.15, 0.2) is 30.3 Å². The summed E-state index contributed by atoms with van der Waals surface area (Å²) in [7, 11) is 0. The van der Waals surface area contributed by atoms with Crippen LogP contribution in [-0.2, 0) is 6.42 Å². The van der Waals surface area contributed by atoms with Gasteiger partial charge in [-0.15, -0.1) is 0 Å². The molecule has 0 radical (unpaired) electrons. The number of aryl methyl sites for hydroxylation is 1. The van der Waals surface area contributed by atoms with Crippen molar-refractivity contribution in [2.45, 2.75) is 72.1 Å². The Morgan fingerprint density at radius 3 is 1.86 bits per heavy atom. The lowest BCUT2D eigenvalue weighted by Gasteiger charge is -2.37. The van der Waals surface area contributed by atoms with Gasteiger partial charge in [-0.25, -0.2) is 0 Å². The third-order valence-electron chi connectivity index (χ3n) is 5.27. The van der Waals surface area contributed by atoms with Gasteiger partial charge >= 0.3 is 0 Å². The zero-order chi connectivity index (χ0) is 16.1. The van der Waals surface area contributed by atoms with E-state index in [2.05, 4.69) is 51.1 Å². The van der Waals surface area contributed by atoms with E-state index >= 15 is 0 Å². The highest BCUT2D eigenvalue weighted by atomic mass is 15.3. The van der Waals surface area contributed by atoms with Crippen molar-refractivity contribution in [3.05, 3.63) is 35.9 Å². The molecule has 0 spiro atoms. The molecule has 0 N–H and O–H groups in total. The fraction of sp³-hybridized carbons (Fsp3) is 0.714. The molecule has 0 aromatic heterocycles. The highest BCUT2D eigenvalue weighted by Crippen LogP contribution is 2.14. The third-order valence-corrected chi connectivity index (χ3v) is 5.27. The predicted molar refractivity (Wildman–Crippen MR) is 99.2 cm³/mol. The summed E-state index contributed by atoms with van der Waals surface area (Å²) in [5.41, 5.74) is 1.49. The van der Waals surface area contributed by atoms with Crippen molar-refractivity contribution >= 4 is 0 Å². The van der Waals surface area contributed by atoms with Crippen molar-refractivity contribution in [2.24, 2.45) is 0 Å². The zero-order valence-electron chi connectivity index (χ0n) is 15.3. The molecule has 0 saturated carbocycles. The van der Waals surface area contributed by atoms with Crippen molar-refractivity contribution in [2.75, 3.05) is 26.2 Å². The number of hydrogen-bond acceptors (Lipinski definition) is 0. The molecule has 1 aromatic rings. The van der Waals surface area contributed by atoms with Gasteiger partial charge < -0.3 is 4.48 Å². The van der Waals surface area contributed by atoms with Crippen LogP contribution in [0.2, 0.25) is 0 Å². The van der Waals surface area contributed by atoms with Crippen LogP contribution in [0.3, 0.4) is 0 Å². The Balaban J connectivity index is 2.26. The Morgan fingerprint density at radius 1 is 0.682 bits per heavy atom. The minimum Gasteiger partial charge on any atom is -0.324 e. The molecule has 0 aliphatic carbocycles. The minimum absolute atomic E-state index is 1.24. The molecule has 0 aliphatic heterocycles. The SMILES string of the molecule is CCCCCCC[N+](CC)(CC)CCCCc1ccccc1. The van der Waals surface area contributed by atoms with Crippen LogP contribution in [0, 0.1) is 0 Å². The summed E-state index contributed by atoms with van der Waals surface area (Å²) in [5, 5.41) is 0. The van der Waals surface area contributed by atoms with E-state index in [9.17, 15) is 0 Å². The van der Waals surface area contributed by atoms with Crippen LogP contribution >= 0.6 is 0 Å². The Morgan fingerprint density at radius 2 is 1.27 bits per heavy atom. The fourth-order valence-electron chi connectivity index (χ4n) is 3.44. The van der Waals surface area contributed by atoms with Crippen molar-refractivity contribution < 1.29 is 4.48 Å². The predicted octanol–water partition coefficient (Wildman–Crippen LogP) is 5.84. The molecule has 0 atom stereocenters. The quantitative estimate of drug-likeness (QED) is 0.317. The maximum atomic E-state index is 2.38. The van der Waals surface area contributed by atoms with Crippen molar-refractivity contribution in [1.29, 1.82) is 0 Å².